The van der Waals surface area contributed by atoms with Crippen LogP contribution >= 0.6 is 0 Å². The molecule has 0 unspecified atom stereocenters. The molecule has 12 aromatic rings. The number of rotatable bonds is 10. The molecule has 0 amide bonds. The zero-order valence-electron chi connectivity index (χ0n) is 40.2. The molecule has 13 rings (SSSR count). The lowest BCUT2D eigenvalue weighted by Crippen LogP contribution is -2.29. The summed E-state index contributed by atoms with van der Waals surface area (Å²) in [5.74, 6) is 0.582. The van der Waals surface area contributed by atoms with E-state index in [1.54, 1.807) is 0 Å². The van der Waals surface area contributed by atoms with Gasteiger partial charge < -0.3 is 10.2 Å². The van der Waals surface area contributed by atoms with E-state index >= 15 is 0 Å². The van der Waals surface area contributed by atoms with Gasteiger partial charge in [0.1, 0.15) is 11.5 Å². The van der Waals surface area contributed by atoms with Gasteiger partial charge in [0.2, 0.25) is 0 Å². The summed E-state index contributed by atoms with van der Waals surface area (Å²) in [6.07, 6.45) is 1.24. The maximum absolute atomic E-state index is 11.2. The standard InChI is InChI=1S/C71H50O2/c72-69-35-31-57(41-61(69)37-47-13-3-1-4-14-47)53-21-11-23-63(43-53)71(64-24-12-22-54(44-64)58-32-36-70(73)62(42-58)38-48-15-5-2-6-16-48)67-45-59(55-27-25-49-17-7-9-19-51(49)39-55)29-33-65(67)66-34-30-60(46-68(66)71)56-28-26-50-18-8-10-20-52(50)40-56/h1-36,39-46,72-73H,37-38H2. The molecule has 73 heavy (non-hydrogen) atoms. The Morgan fingerprint density at radius 3 is 1.07 bits per heavy atom. The number of hydrogen-bond acceptors (Lipinski definition) is 2. The van der Waals surface area contributed by atoms with Crippen LogP contribution in [0.5, 0.6) is 11.5 Å². The first-order valence-corrected chi connectivity index (χ1v) is 25.2. The van der Waals surface area contributed by atoms with Crippen LogP contribution in [0.2, 0.25) is 0 Å². The Hall–Kier alpha value is -9.24. The summed E-state index contributed by atoms with van der Waals surface area (Å²) in [5, 5.41) is 27.3. The molecular weight excluding hydrogens is 885 g/mol. The number of benzene rings is 12. The quantitative estimate of drug-likeness (QED) is 0.143. The molecule has 0 aliphatic heterocycles. The van der Waals surface area contributed by atoms with Gasteiger partial charge in [-0.15, -0.1) is 0 Å². The predicted molar refractivity (Wildman–Crippen MR) is 302 cm³/mol. The second-order valence-electron chi connectivity index (χ2n) is 19.6. The zero-order valence-corrected chi connectivity index (χ0v) is 40.2. The highest BCUT2D eigenvalue weighted by molar-refractivity contribution is 5.94. The van der Waals surface area contributed by atoms with Crippen LogP contribution in [-0.4, -0.2) is 10.2 Å². The van der Waals surface area contributed by atoms with Gasteiger partial charge in [0.15, 0.2) is 0 Å². The lowest BCUT2D eigenvalue weighted by Gasteiger charge is -2.35. The molecule has 0 saturated heterocycles. The van der Waals surface area contributed by atoms with E-state index in [0.29, 0.717) is 24.3 Å². The molecule has 0 radical (unpaired) electrons. The topological polar surface area (TPSA) is 40.5 Å². The highest BCUT2D eigenvalue weighted by Crippen LogP contribution is 2.58. The highest BCUT2D eigenvalue weighted by atomic mass is 16.3. The second kappa shape index (κ2) is 18.2. The number of phenolic OH excluding ortho intramolecular Hbond substituents is 2. The Morgan fingerprint density at radius 1 is 0.260 bits per heavy atom. The van der Waals surface area contributed by atoms with Crippen LogP contribution in [0.25, 0.3) is 77.2 Å². The number of aromatic hydroxyl groups is 2. The molecule has 2 heteroatoms. The van der Waals surface area contributed by atoms with E-state index in [1.807, 2.05) is 60.7 Å². The van der Waals surface area contributed by atoms with Crippen LogP contribution in [0.1, 0.15) is 44.5 Å². The van der Waals surface area contributed by atoms with Crippen molar-refractivity contribution in [1.82, 2.24) is 0 Å². The summed E-state index contributed by atoms with van der Waals surface area (Å²) < 4.78 is 0. The van der Waals surface area contributed by atoms with E-state index in [2.05, 4.69) is 206 Å². The molecule has 0 atom stereocenters. The van der Waals surface area contributed by atoms with E-state index in [4.69, 9.17) is 0 Å². The van der Waals surface area contributed by atoms with Crippen molar-refractivity contribution >= 4 is 21.5 Å². The second-order valence-corrected chi connectivity index (χ2v) is 19.6. The molecule has 2 N–H and O–H groups in total. The number of phenols is 2. The van der Waals surface area contributed by atoms with Crippen LogP contribution in [0, 0.1) is 0 Å². The maximum Gasteiger partial charge on any atom is 0.119 e. The van der Waals surface area contributed by atoms with E-state index in [0.717, 1.165) is 77.9 Å². The van der Waals surface area contributed by atoms with Crippen LogP contribution in [0.3, 0.4) is 0 Å². The Labute approximate surface area is 426 Å². The third-order valence-electron chi connectivity index (χ3n) is 15.2. The summed E-state index contributed by atoms with van der Waals surface area (Å²) in [4.78, 5) is 0. The molecular formula is C71H50O2. The van der Waals surface area contributed by atoms with Gasteiger partial charge in [-0.3, -0.25) is 0 Å². The monoisotopic (exact) mass is 934 g/mol. The normalized spacial score (nSPS) is 12.4. The van der Waals surface area contributed by atoms with Gasteiger partial charge in [-0.1, -0.05) is 206 Å². The van der Waals surface area contributed by atoms with Crippen molar-refractivity contribution in [3.05, 3.63) is 311 Å². The van der Waals surface area contributed by atoms with Crippen LogP contribution in [-0.2, 0) is 18.3 Å². The molecule has 12 aromatic carbocycles. The van der Waals surface area contributed by atoms with E-state index in [-0.39, 0.29) is 0 Å². The minimum absolute atomic E-state index is 0.291. The van der Waals surface area contributed by atoms with Gasteiger partial charge >= 0.3 is 0 Å². The van der Waals surface area contributed by atoms with Crippen molar-refractivity contribution in [2.24, 2.45) is 0 Å². The Balaban J connectivity index is 1.06. The third-order valence-corrected chi connectivity index (χ3v) is 15.2. The third kappa shape index (κ3) is 7.95. The van der Waals surface area contributed by atoms with E-state index in [1.165, 1.54) is 43.8 Å². The molecule has 0 spiro atoms. The van der Waals surface area contributed by atoms with Gasteiger partial charge in [-0.25, -0.2) is 0 Å². The van der Waals surface area contributed by atoms with Gasteiger partial charge in [0.05, 0.1) is 5.41 Å². The molecule has 0 fully saturated rings. The van der Waals surface area contributed by atoms with Crippen molar-refractivity contribution in [2.45, 2.75) is 18.3 Å². The fourth-order valence-electron chi connectivity index (χ4n) is 11.5. The summed E-state index contributed by atoms with van der Waals surface area (Å²) >= 11 is 0. The van der Waals surface area contributed by atoms with Crippen molar-refractivity contribution in [3.63, 3.8) is 0 Å². The summed E-state index contributed by atoms with van der Waals surface area (Å²) in [6.45, 7) is 0. The Morgan fingerprint density at radius 2 is 0.616 bits per heavy atom. The molecule has 1 aliphatic rings. The molecule has 0 aromatic heterocycles. The van der Waals surface area contributed by atoms with Gasteiger partial charge in [-0.2, -0.15) is 0 Å². The molecule has 346 valence electrons. The molecule has 0 bridgehead atoms. The SMILES string of the molecule is Oc1ccc(-c2cccc(C3(c4cccc(-c5ccc(O)c(Cc6ccccc6)c5)c4)c4cc(-c5ccc6ccccc6c5)ccc4-c4ccc(-c5ccc6ccccc6c5)cc43)c2)cc1Cc1ccccc1. The fraction of sp³-hybridized carbons (Fsp3) is 0.0423. The van der Waals surface area contributed by atoms with Gasteiger partial charge in [0, 0.05) is 12.8 Å². The average molecular weight is 935 g/mol. The molecule has 2 nitrogen and oxygen atoms in total. The first kappa shape index (κ1) is 43.8. The van der Waals surface area contributed by atoms with Crippen LogP contribution in [0.4, 0.5) is 0 Å². The smallest absolute Gasteiger partial charge is 0.119 e. The predicted octanol–water partition coefficient (Wildman–Crippen LogP) is 17.6. The van der Waals surface area contributed by atoms with E-state index < -0.39 is 5.41 Å². The lowest BCUT2D eigenvalue weighted by atomic mass is 9.66. The first-order valence-electron chi connectivity index (χ1n) is 25.2. The maximum atomic E-state index is 11.2. The minimum Gasteiger partial charge on any atom is -0.508 e. The highest BCUT2D eigenvalue weighted by Gasteiger charge is 2.47. The average Bonchev–Trinajstić information content (AvgIpc) is 3.74. The van der Waals surface area contributed by atoms with Crippen molar-refractivity contribution in [1.29, 1.82) is 0 Å². The molecule has 0 heterocycles. The van der Waals surface area contributed by atoms with Gasteiger partial charge in [0.25, 0.3) is 0 Å². The van der Waals surface area contributed by atoms with E-state index in [9.17, 15) is 10.2 Å². The number of hydrogen-bond donors (Lipinski definition) is 2. The summed E-state index contributed by atoms with van der Waals surface area (Å²) in [6, 6.07) is 95.9. The van der Waals surface area contributed by atoms with Crippen molar-refractivity contribution in [2.75, 3.05) is 0 Å². The molecule has 1 aliphatic carbocycles. The Kier molecular flexibility index (Phi) is 10.9. The lowest BCUT2D eigenvalue weighted by molar-refractivity contribution is 0.469. The fourth-order valence-corrected chi connectivity index (χ4v) is 11.5. The molecule has 0 saturated carbocycles. The van der Waals surface area contributed by atoms with Crippen LogP contribution in [0.15, 0.2) is 267 Å². The zero-order chi connectivity index (χ0) is 48.9. The van der Waals surface area contributed by atoms with Crippen molar-refractivity contribution in [3.8, 4) is 67.1 Å². The summed E-state index contributed by atoms with van der Waals surface area (Å²) in [5.41, 5.74) is 19.2. The number of fused-ring (bicyclic) bond motifs is 5. The first-order chi connectivity index (χ1) is 35.9. The van der Waals surface area contributed by atoms with Gasteiger partial charge in [-0.05, 0) is 182 Å². The minimum atomic E-state index is -0.802. The van der Waals surface area contributed by atoms with Crippen molar-refractivity contribution < 1.29 is 10.2 Å². The van der Waals surface area contributed by atoms with Crippen LogP contribution < -0.4 is 0 Å². The largest absolute Gasteiger partial charge is 0.508 e. The Bertz CT molecular complexity index is 3790. The summed E-state index contributed by atoms with van der Waals surface area (Å²) in [7, 11) is 0.